The minimum Gasteiger partial charge on any atom is -0.394 e. The average Bonchev–Trinajstić information content (AvgIpc) is 2.18. The predicted octanol–water partition coefficient (Wildman–Crippen LogP) is -1.17. The summed E-state index contributed by atoms with van der Waals surface area (Å²) in [4.78, 5) is 11.2. The molecule has 6 heteroatoms. The van der Waals surface area contributed by atoms with E-state index in [1.807, 2.05) is 0 Å². The second-order valence-corrected chi connectivity index (χ2v) is 2.66. The summed E-state index contributed by atoms with van der Waals surface area (Å²) in [6.45, 7) is 0.900. The lowest BCUT2D eigenvalue weighted by Gasteiger charge is -2.04. The van der Waals surface area contributed by atoms with Crippen LogP contribution in [0.1, 0.15) is 0 Å². The van der Waals surface area contributed by atoms with Gasteiger partial charge in [0.25, 0.3) is 5.56 Å². The standard InChI is InChI=1S/C8H13N3O3/c9-7-1-2-8(13)11(10-7)3-5-14-6-4-12/h1-2,12H,3-6H2,(H2,9,10). The molecule has 0 unspecified atom stereocenters. The molecule has 0 fully saturated rings. The van der Waals surface area contributed by atoms with Gasteiger partial charge in [-0.3, -0.25) is 4.79 Å². The van der Waals surface area contributed by atoms with Crippen LogP contribution in [0.5, 0.6) is 0 Å². The molecule has 1 aromatic heterocycles. The second-order valence-electron chi connectivity index (χ2n) is 2.66. The zero-order chi connectivity index (χ0) is 10.4. The number of ether oxygens (including phenoxy) is 1. The average molecular weight is 199 g/mol. The number of anilines is 1. The molecule has 1 aromatic rings. The Kier molecular flexibility index (Phi) is 4.09. The molecule has 0 radical (unpaired) electrons. The first kappa shape index (κ1) is 10.7. The lowest BCUT2D eigenvalue weighted by Crippen LogP contribution is -2.25. The summed E-state index contributed by atoms with van der Waals surface area (Å²) in [6.07, 6.45) is 0. The number of hydrogen-bond acceptors (Lipinski definition) is 5. The van der Waals surface area contributed by atoms with E-state index in [4.69, 9.17) is 15.6 Å². The van der Waals surface area contributed by atoms with E-state index in [-0.39, 0.29) is 18.8 Å². The highest BCUT2D eigenvalue weighted by atomic mass is 16.5. The van der Waals surface area contributed by atoms with Crippen LogP contribution in [-0.2, 0) is 11.3 Å². The van der Waals surface area contributed by atoms with E-state index in [9.17, 15) is 4.79 Å². The van der Waals surface area contributed by atoms with E-state index >= 15 is 0 Å². The molecule has 0 spiro atoms. The van der Waals surface area contributed by atoms with Crippen molar-refractivity contribution < 1.29 is 9.84 Å². The Hall–Kier alpha value is -1.40. The van der Waals surface area contributed by atoms with Crippen LogP contribution in [0, 0.1) is 0 Å². The smallest absolute Gasteiger partial charge is 0.266 e. The quantitative estimate of drug-likeness (QED) is 0.583. The Morgan fingerprint density at radius 2 is 2.29 bits per heavy atom. The molecule has 1 heterocycles. The fraction of sp³-hybridized carbons (Fsp3) is 0.500. The third-order valence-electron chi connectivity index (χ3n) is 1.57. The summed E-state index contributed by atoms with van der Waals surface area (Å²) in [5, 5.41) is 12.2. The normalized spacial score (nSPS) is 10.4. The van der Waals surface area contributed by atoms with Crippen LogP contribution in [0.3, 0.4) is 0 Å². The minimum absolute atomic E-state index is 0.0285. The fourth-order valence-electron chi connectivity index (χ4n) is 0.943. The van der Waals surface area contributed by atoms with Gasteiger partial charge in [-0.2, -0.15) is 5.10 Å². The van der Waals surface area contributed by atoms with Crippen LogP contribution in [0.2, 0.25) is 0 Å². The molecule has 0 aliphatic heterocycles. The first-order chi connectivity index (χ1) is 6.74. The van der Waals surface area contributed by atoms with Gasteiger partial charge in [0.05, 0.1) is 26.4 Å². The number of hydrogen-bond donors (Lipinski definition) is 2. The summed E-state index contributed by atoms with van der Waals surface area (Å²) in [5.41, 5.74) is 5.19. The van der Waals surface area contributed by atoms with Crippen LogP contribution in [-0.4, -0.2) is 34.7 Å². The molecule has 0 atom stereocenters. The Labute approximate surface area is 80.9 Å². The van der Waals surface area contributed by atoms with Gasteiger partial charge in [0.2, 0.25) is 0 Å². The topological polar surface area (TPSA) is 90.4 Å². The Morgan fingerprint density at radius 3 is 3.00 bits per heavy atom. The molecule has 0 amide bonds. The first-order valence-electron chi connectivity index (χ1n) is 4.26. The summed E-state index contributed by atoms with van der Waals surface area (Å²) in [7, 11) is 0. The van der Waals surface area contributed by atoms with Gasteiger partial charge in [-0.05, 0) is 6.07 Å². The van der Waals surface area contributed by atoms with Crippen LogP contribution >= 0.6 is 0 Å². The van der Waals surface area contributed by atoms with Gasteiger partial charge in [-0.25, -0.2) is 4.68 Å². The van der Waals surface area contributed by atoms with Crippen LogP contribution in [0.15, 0.2) is 16.9 Å². The number of nitrogens with zero attached hydrogens (tertiary/aromatic N) is 2. The van der Waals surface area contributed by atoms with Gasteiger partial charge in [0.1, 0.15) is 5.82 Å². The van der Waals surface area contributed by atoms with Crippen molar-refractivity contribution in [1.82, 2.24) is 9.78 Å². The number of aliphatic hydroxyl groups is 1. The van der Waals surface area contributed by atoms with Crippen molar-refractivity contribution in [3.63, 3.8) is 0 Å². The van der Waals surface area contributed by atoms with Gasteiger partial charge in [-0.1, -0.05) is 0 Å². The van der Waals surface area contributed by atoms with E-state index in [1.54, 1.807) is 0 Å². The van der Waals surface area contributed by atoms with Crippen molar-refractivity contribution in [2.45, 2.75) is 6.54 Å². The molecule has 3 N–H and O–H groups in total. The van der Waals surface area contributed by atoms with Gasteiger partial charge in [-0.15, -0.1) is 0 Å². The molecule has 6 nitrogen and oxygen atoms in total. The molecule has 0 saturated heterocycles. The van der Waals surface area contributed by atoms with Gasteiger partial charge >= 0.3 is 0 Å². The van der Waals surface area contributed by atoms with E-state index in [2.05, 4.69) is 5.10 Å². The molecular weight excluding hydrogens is 186 g/mol. The number of nitrogens with two attached hydrogens (primary N) is 1. The van der Waals surface area contributed by atoms with Crippen molar-refractivity contribution in [1.29, 1.82) is 0 Å². The lowest BCUT2D eigenvalue weighted by molar-refractivity contribution is 0.0847. The largest absolute Gasteiger partial charge is 0.394 e. The van der Waals surface area contributed by atoms with Crippen molar-refractivity contribution in [3.05, 3.63) is 22.5 Å². The second kappa shape index (κ2) is 5.36. The van der Waals surface area contributed by atoms with Gasteiger partial charge < -0.3 is 15.6 Å². The van der Waals surface area contributed by atoms with Crippen LogP contribution in [0.25, 0.3) is 0 Å². The molecule has 0 bridgehead atoms. The van der Waals surface area contributed by atoms with Crippen LogP contribution < -0.4 is 11.3 Å². The van der Waals surface area contributed by atoms with E-state index in [0.717, 1.165) is 0 Å². The number of rotatable bonds is 5. The summed E-state index contributed by atoms with van der Waals surface area (Å²) in [5.74, 6) is 0.298. The maximum Gasteiger partial charge on any atom is 0.266 e. The van der Waals surface area contributed by atoms with Crippen molar-refractivity contribution >= 4 is 5.82 Å². The predicted molar refractivity (Wildman–Crippen MR) is 50.8 cm³/mol. The summed E-state index contributed by atoms with van der Waals surface area (Å²) in [6, 6.07) is 2.81. The molecule has 0 aromatic carbocycles. The molecule has 0 saturated carbocycles. The van der Waals surface area contributed by atoms with Gasteiger partial charge in [0.15, 0.2) is 0 Å². The Balaban J connectivity index is 2.49. The first-order valence-corrected chi connectivity index (χ1v) is 4.26. The molecule has 0 aliphatic rings. The molecule has 14 heavy (non-hydrogen) atoms. The Morgan fingerprint density at radius 1 is 1.50 bits per heavy atom. The molecule has 78 valence electrons. The SMILES string of the molecule is Nc1ccc(=O)n(CCOCCO)n1. The fourth-order valence-corrected chi connectivity index (χ4v) is 0.943. The monoisotopic (exact) mass is 199 g/mol. The summed E-state index contributed by atoms with van der Waals surface area (Å²) >= 11 is 0. The number of aliphatic hydroxyl groups excluding tert-OH is 1. The van der Waals surface area contributed by atoms with E-state index < -0.39 is 0 Å². The van der Waals surface area contributed by atoms with Crippen molar-refractivity contribution in [2.24, 2.45) is 0 Å². The van der Waals surface area contributed by atoms with Crippen molar-refractivity contribution in [2.75, 3.05) is 25.6 Å². The highest BCUT2D eigenvalue weighted by Gasteiger charge is 1.97. The zero-order valence-corrected chi connectivity index (χ0v) is 7.72. The summed E-state index contributed by atoms with van der Waals surface area (Å²) < 4.78 is 6.22. The third-order valence-corrected chi connectivity index (χ3v) is 1.57. The lowest BCUT2D eigenvalue weighted by atomic mass is 10.5. The maximum atomic E-state index is 11.2. The number of nitrogen functional groups attached to an aromatic ring is 1. The highest BCUT2D eigenvalue weighted by molar-refractivity contribution is 5.23. The van der Waals surface area contributed by atoms with Gasteiger partial charge in [0, 0.05) is 6.07 Å². The maximum absolute atomic E-state index is 11.2. The minimum atomic E-state index is -0.216. The third kappa shape index (κ3) is 3.15. The molecular formula is C8H13N3O3. The number of aromatic nitrogens is 2. The molecule has 0 aliphatic carbocycles. The van der Waals surface area contributed by atoms with E-state index in [1.165, 1.54) is 16.8 Å². The molecule has 1 rings (SSSR count). The van der Waals surface area contributed by atoms with Crippen molar-refractivity contribution in [3.8, 4) is 0 Å². The Bertz CT molecular complexity index is 337. The zero-order valence-electron chi connectivity index (χ0n) is 7.72. The highest BCUT2D eigenvalue weighted by Crippen LogP contribution is 1.89. The van der Waals surface area contributed by atoms with E-state index in [0.29, 0.717) is 19.0 Å². The van der Waals surface area contributed by atoms with Crippen LogP contribution in [0.4, 0.5) is 5.82 Å².